The van der Waals surface area contributed by atoms with Crippen LogP contribution >= 0.6 is 0 Å². The summed E-state index contributed by atoms with van der Waals surface area (Å²) in [6.07, 6.45) is 3.61. The summed E-state index contributed by atoms with van der Waals surface area (Å²) in [5, 5.41) is 12.1. The van der Waals surface area contributed by atoms with Crippen LogP contribution in [-0.4, -0.2) is 30.4 Å². The van der Waals surface area contributed by atoms with Crippen molar-refractivity contribution in [3.63, 3.8) is 0 Å². The zero-order valence-electron chi connectivity index (χ0n) is 15.1. The number of aromatic carboxylic acids is 1. The van der Waals surface area contributed by atoms with Crippen LogP contribution in [0.5, 0.6) is 0 Å². The van der Waals surface area contributed by atoms with E-state index in [1.54, 1.807) is 18.3 Å². The summed E-state index contributed by atoms with van der Waals surface area (Å²) in [7, 11) is 0. The van der Waals surface area contributed by atoms with Gasteiger partial charge < -0.3 is 16.2 Å². The average molecular weight is 374 g/mol. The van der Waals surface area contributed by atoms with Crippen molar-refractivity contribution in [2.45, 2.75) is 13.5 Å². The Morgan fingerprint density at radius 2 is 1.96 bits per heavy atom. The van der Waals surface area contributed by atoms with Crippen LogP contribution in [0.3, 0.4) is 0 Å². The van der Waals surface area contributed by atoms with Crippen LogP contribution in [0.25, 0.3) is 17.0 Å². The van der Waals surface area contributed by atoms with Gasteiger partial charge in [-0.2, -0.15) is 0 Å². The molecule has 0 saturated heterocycles. The van der Waals surface area contributed by atoms with Crippen molar-refractivity contribution >= 4 is 23.3 Å². The molecule has 0 aliphatic heterocycles. The van der Waals surface area contributed by atoms with Crippen LogP contribution in [-0.2, 0) is 6.54 Å². The Hall–Kier alpha value is -3.78. The molecule has 28 heavy (non-hydrogen) atoms. The minimum atomic E-state index is -0.967. The molecule has 0 bridgehead atoms. The first-order valence-electron chi connectivity index (χ1n) is 8.66. The molecule has 8 heteroatoms. The van der Waals surface area contributed by atoms with E-state index in [9.17, 15) is 4.79 Å². The second-order valence-corrected chi connectivity index (χ2v) is 6.29. The Morgan fingerprint density at radius 3 is 2.68 bits per heavy atom. The Kier molecular flexibility index (Phi) is 4.46. The van der Waals surface area contributed by atoms with E-state index < -0.39 is 5.97 Å². The van der Waals surface area contributed by atoms with Crippen molar-refractivity contribution < 1.29 is 9.90 Å². The van der Waals surface area contributed by atoms with Gasteiger partial charge >= 0.3 is 5.97 Å². The van der Waals surface area contributed by atoms with Gasteiger partial charge in [-0.25, -0.2) is 19.7 Å². The van der Waals surface area contributed by atoms with Crippen molar-refractivity contribution in [2.75, 3.05) is 5.32 Å². The summed E-state index contributed by atoms with van der Waals surface area (Å²) in [4.78, 5) is 24.4. The molecular weight excluding hydrogens is 356 g/mol. The zero-order chi connectivity index (χ0) is 19.7. The fraction of sp³-hybridized carbons (Fsp3) is 0.100. The van der Waals surface area contributed by atoms with Crippen molar-refractivity contribution in [2.24, 2.45) is 5.73 Å². The summed E-state index contributed by atoms with van der Waals surface area (Å²) in [6.45, 7) is 2.39. The molecule has 0 atom stereocenters. The minimum Gasteiger partial charge on any atom is -0.478 e. The highest BCUT2D eigenvalue weighted by Gasteiger charge is 2.13. The molecule has 4 N–H and O–H groups in total. The SMILES string of the molecule is Cc1nc2cc(CN)ccn2c1-c1ccnc(Nc2ccc(C(=O)O)cc2)n1. The molecule has 0 aliphatic carbocycles. The maximum absolute atomic E-state index is 11.0. The molecule has 0 radical (unpaired) electrons. The van der Waals surface area contributed by atoms with E-state index in [-0.39, 0.29) is 5.56 Å². The van der Waals surface area contributed by atoms with E-state index in [0.717, 1.165) is 28.3 Å². The molecule has 4 aromatic rings. The second-order valence-electron chi connectivity index (χ2n) is 6.29. The van der Waals surface area contributed by atoms with E-state index in [4.69, 9.17) is 10.8 Å². The predicted octanol–water partition coefficient (Wildman–Crippen LogP) is 3.00. The first-order valence-corrected chi connectivity index (χ1v) is 8.66. The highest BCUT2D eigenvalue weighted by Crippen LogP contribution is 2.25. The molecule has 0 fully saturated rings. The number of rotatable bonds is 5. The number of aromatic nitrogens is 4. The summed E-state index contributed by atoms with van der Waals surface area (Å²) < 4.78 is 1.97. The number of pyridine rings is 1. The van der Waals surface area contributed by atoms with Crippen LogP contribution in [0.2, 0.25) is 0 Å². The van der Waals surface area contributed by atoms with Crippen LogP contribution in [0.4, 0.5) is 11.6 Å². The summed E-state index contributed by atoms with van der Waals surface area (Å²) in [5.41, 5.74) is 10.9. The number of carboxylic acid groups (broad SMARTS) is 1. The Balaban J connectivity index is 1.68. The fourth-order valence-electron chi connectivity index (χ4n) is 3.02. The van der Waals surface area contributed by atoms with E-state index in [1.807, 2.05) is 35.7 Å². The number of carbonyl (C=O) groups is 1. The van der Waals surface area contributed by atoms with Crippen LogP contribution in [0.1, 0.15) is 21.6 Å². The quantitative estimate of drug-likeness (QED) is 0.491. The number of fused-ring (bicyclic) bond motifs is 1. The van der Waals surface area contributed by atoms with E-state index in [2.05, 4.69) is 20.3 Å². The monoisotopic (exact) mass is 374 g/mol. The summed E-state index contributed by atoms with van der Waals surface area (Å²) in [6, 6.07) is 12.1. The second kappa shape index (κ2) is 7.09. The topological polar surface area (TPSA) is 118 Å². The van der Waals surface area contributed by atoms with Gasteiger partial charge in [0, 0.05) is 24.6 Å². The number of imidazole rings is 1. The molecule has 0 amide bonds. The normalized spacial score (nSPS) is 10.9. The largest absolute Gasteiger partial charge is 0.478 e. The molecule has 3 heterocycles. The number of carboxylic acids is 1. The molecule has 0 aliphatic rings. The minimum absolute atomic E-state index is 0.221. The number of benzene rings is 1. The van der Waals surface area contributed by atoms with Gasteiger partial charge in [0.1, 0.15) is 5.65 Å². The molecule has 0 unspecified atom stereocenters. The molecule has 140 valence electrons. The highest BCUT2D eigenvalue weighted by atomic mass is 16.4. The maximum atomic E-state index is 11.0. The summed E-state index contributed by atoms with van der Waals surface area (Å²) >= 11 is 0. The predicted molar refractivity (Wildman–Crippen MR) is 106 cm³/mol. The highest BCUT2D eigenvalue weighted by molar-refractivity contribution is 5.88. The third kappa shape index (κ3) is 3.28. The average Bonchev–Trinajstić information content (AvgIpc) is 3.03. The first kappa shape index (κ1) is 17.6. The number of hydrogen-bond acceptors (Lipinski definition) is 6. The lowest BCUT2D eigenvalue weighted by atomic mass is 10.2. The lowest BCUT2D eigenvalue weighted by molar-refractivity contribution is 0.0697. The first-order chi connectivity index (χ1) is 13.5. The van der Waals surface area contributed by atoms with E-state index in [0.29, 0.717) is 18.2 Å². The number of nitrogens with one attached hydrogen (secondary N) is 1. The third-order valence-electron chi connectivity index (χ3n) is 4.39. The Labute approximate surface area is 160 Å². The molecule has 0 spiro atoms. The van der Waals surface area contributed by atoms with Gasteiger partial charge in [-0.1, -0.05) is 0 Å². The molecule has 0 saturated carbocycles. The van der Waals surface area contributed by atoms with E-state index >= 15 is 0 Å². The zero-order valence-corrected chi connectivity index (χ0v) is 15.1. The van der Waals surface area contributed by atoms with Crippen molar-refractivity contribution in [3.8, 4) is 11.4 Å². The fourth-order valence-corrected chi connectivity index (χ4v) is 3.02. The van der Waals surface area contributed by atoms with Crippen molar-refractivity contribution in [1.29, 1.82) is 0 Å². The molecule has 3 aromatic heterocycles. The smallest absolute Gasteiger partial charge is 0.335 e. The van der Waals surface area contributed by atoms with Crippen molar-refractivity contribution in [3.05, 3.63) is 71.7 Å². The number of aryl methyl sites for hydroxylation is 1. The van der Waals surface area contributed by atoms with Gasteiger partial charge in [0.2, 0.25) is 5.95 Å². The molecule has 1 aromatic carbocycles. The van der Waals surface area contributed by atoms with Crippen LogP contribution < -0.4 is 11.1 Å². The van der Waals surface area contributed by atoms with Gasteiger partial charge in [-0.15, -0.1) is 0 Å². The van der Waals surface area contributed by atoms with Gasteiger partial charge in [-0.3, -0.25) is 4.40 Å². The van der Waals surface area contributed by atoms with Gasteiger partial charge in [-0.05, 0) is 55.0 Å². The number of hydrogen-bond donors (Lipinski definition) is 3. The van der Waals surface area contributed by atoms with Gasteiger partial charge in [0.05, 0.1) is 22.6 Å². The summed E-state index contributed by atoms with van der Waals surface area (Å²) in [5.74, 6) is -0.556. The van der Waals surface area contributed by atoms with E-state index in [1.165, 1.54) is 12.1 Å². The number of nitrogens with two attached hydrogens (primary N) is 1. The molecule has 8 nitrogen and oxygen atoms in total. The standard InChI is InChI=1S/C20H18N6O2/c1-12-18(26-9-7-13(11-21)10-17(26)23-12)16-6-8-22-20(25-16)24-15-4-2-14(3-5-15)19(27)28/h2-10H,11,21H2,1H3,(H,27,28)(H,22,24,25). The molecular formula is C20H18N6O2. The van der Waals surface area contributed by atoms with Gasteiger partial charge in [0.15, 0.2) is 0 Å². The van der Waals surface area contributed by atoms with Crippen LogP contribution in [0.15, 0.2) is 54.9 Å². The lowest BCUT2D eigenvalue weighted by Gasteiger charge is -2.08. The lowest BCUT2D eigenvalue weighted by Crippen LogP contribution is -2.01. The number of anilines is 2. The Bertz CT molecular complexity index is 1170. The maximum Gasteiger partial charge on any atom is 0.335 e. The Morgan fingerprint density at radius 1 is 1.18 bits per heavy atom. The third-order valence-corrected chi connectivity index (χ3v) is 4.39. The van der Waals surface area contributed by atoms with Crippen molar-refractivity contribution in [1.82, 2.24) is 19.4 Å². The molecule has 4 rings (SSSR count). The number of nitrogens with zero attached hydrogens (tertiary/aromatic N) is 4. The van der Waals surface area contributed by atoms with Gasteiger partial charge in [0.25, 0.3) is 0 Å². The van der Waals surface area contributed by atoms with Crippen LogP contribution in [0, 0.1) is 6.92 Å².